The quantitative estimate of drug-likeness (QED) is 0.202. The molecule has 3 saturated carbocycles. The van der Waals surface area contributed by atoms with Crippen molar-refractivity contribution in [3.63, 3.8) is 0 Å². The van der Waals surface area contributed by atoms with E-state index in [0.717, 1.165) is 25.7 Å². The first-order chi connectivity index (χ1) is 19.9. The number of nitrogens with one attached hydrogen (secondary N) is 2. The Balaban J connectivity index is 1.35. The Morgan fingerprint density at radius 1 is 1.12 bits per heavy atom. The lowest BCUT2D eigenvalue weighted by molar-refractivity contribution is -0.164. The van der Waals surface area contributed by atoms with Crippen molar-refractivity contribution in [1.82, 2.24) is 29.9 Å². The maximum Gasteiger partial charge on any atom is 0.511 e. The second-order valence-electron chi connectivity index (χ2n) is 9.77. The molecule has 12 nitrogen and oxygen atoms in total. The van der Waals surface area contributed by atoms with E-state index in [-0.39, 0.29) is 40.9 Å². The molecular formula is C26H25ClFN7O5S. The number of nitrogens with zero attached hydrogens (tertiary/aromatic N) is 5. The van der Waals surface area contributed by atoms with Gasteiger partial charge in [-0.15, -0.1) is 11.3 Å². The fraction of sp³-hybridized carbons (Fsp3) is 0.423. The third-order valence-electron chi connectivity index (χ3n) is 7.51. The van der Waals surface area contributed by atoms with Crippen LogP contribution in [0, 0.1) is 23.6 Å². The summed E-state index contributed by atoms with van der Waals surface area (Å²) in [5.41, 5.74) is 1.40. The van der Waals surface area contributed by atoms with Crippen LogP contribution in [0.4, 0.5) is 15.0 Å². The van der Waals surface area contributed by atoms with Gasteiger partial charge in [-0.1, -0.05) is 11.6 Å². The summed E-state index contributed by atoms with van der Waals surface area (Å²) in [6, 6.07) is -0.462. The van der Waals surface area contributed by atoms with Gasteiger partial charge in [0.2, 0.25) is 6.79 Å². The Morgan fingerprint density at radius 3 is 2.68 bits per heavy atom. The van der Waals surface area contributed by atoms with Crippen LogP contribution in [0.3, 0.4) is 0 Å². The van der Waals surface area contributed by atoms with Gasteiger partial charge in [0.15, 0.2) is 23.1 Å². The average Bonchev–Trinajstić information content (AvgIpc) is 3.65. The Bertz CT molecular complexity index is 1580. The summed E-state index contributed by atoms with van der Waals surface area (Å²) in [5, 5.41) is 5.52. The summed E-state index contributed by atoms with van der Waals surface area (Å²) in [4.78, 5) is 49.7. The molecule has 4 aromatic heterocycles. The van der Waals surface area contributed by atoms with E-state index in [1.54, 1.807) is 24.7 Å². The molecule has 0 aromatic carbocycles. The van der Waals surface area contributed by atoms with E-state index in [0.29, 0.717) is 21.7 Å². The fourth-order valence-corrected chi connectivity index (χ4v) is 6.48. The Labute approximate surface area is 242 Å². The molecule has 0 unspecified atom stereocenters. The first-order valence-electron chi connectivity index (χ1n) is 13.1. The fourth-order valence-electron chi connectivity index (χ4n) is 5.73. The van der Waals surface area contributed by atoms with E-state index in [9.17, 15) is 9.59 Å². The number of rotatable bonds is 8. The van der Waals surface area contributed by atoms with Crippen molar-refractivity contribution in [2.75, 3.05) is 18.7 Å². The summed E-state index contributed by atoms with van der Waals surface area (Å²) in [6.07, 6.45) is 7.14. The molecule has 2 N–H and O–H groups in total. The molecule has 3 fully saturated rings. The Kier molecular flexibility index (Phi) is 7.67. The molecule has 0 amide bonds. The summed E-state index contributed by atoms with van der Waals surface area (Å²) < 4.78 is 30.9. The zero-order valence-corrected chi connectivity index (χ0v) is 23.4. The lowest BCUT2D eigenvalue weighted by atomic mass is 9.61. The Hall–Kier alpha value is -3.91. The van der Waals surface area contributed by atoms with Gasteiger partial charge in [0, 0.05) is 23.8 Å². The second-order valence-corrected chi connectivity index (χ2v) is 11.0. The molecule has 2 bridgehead atoms. The van der Waals surface area contributed by atoms with Crippen LogP contribution in [0.2, 0.25) is 5.15 Å². The van der Waals surface area contributed by atoms with E-state index >= 15 is 4.39 Å². The monoisotopic (exact) mass is 601 g/mol. The molecule has 2 atom stereocenters. The number of hydrogen-bond acceptors (Lipinski definition) is 12. The number of H-pyrrole nitrogens is 1. The highest BCUT2D eigenvalue weighted by atomic mass is 35.5. The number of halogens is 2. The van der Waals surface area contributed by atoms with E-state index in [1.165, 1.54) is 17.5 Å². The van der Waals surface area contributed by atoms with Crippen molar-refractivity contribution in [3.05, 3.63) is 34.9 Å². The smallest absolute Gasteiger partial charge is 0.435 e. The first kappa shape index (κ1) is 27.3. The minimum Gasteiger partial charge on any atom is -0.435 e. The lowest BCUT2D eigenvalue weighted by Gasteiger charge is -2.47. The van der Waals surface area contributed by atoms with E-state index in [1.807, 2.05) is 0 Å². The zero-order valence-electron chi connectivity index (χ0n) is 21.8. The van der Waals surface area contributed by atoms with Gasteiger partial charge >= 0.3 is 12.1 Å². The summed E-state index contributed by atoms with van der Waals surface area (Å²) >= 11 is 7.33. The van der Waals surface area contributed by atoms with Crippen molar-refractivity contribution in [2.24, 2.45) is 17.8 Å². The van der Waals surface area contributed by atoms with E-state index in [4.69, 9.17) is 25.8 Å². The molecule has 0 radical (unpaired) electrons. The zero-order chi connectivity index (χ0) is 28.5. The van der Waals surface area contributed by atoms with Crippen LogP contribution in [-0.2, 0) is 19.0 Å². The van der Waals surface area contributed by atoms with Crippen molar-refractivity contribution in [3.8, 4) is 22.1 Å². The summed E-state index contributed by atoms with van der Waals surface area (Å²) in [6.45, 7) is 1.21. The minimum atomic E-state index is -0.923. The molecule has 0 spiro atoms. The van der Waals surface area contributed by atoms with Crippen molar-refractivity contribution >= 4 is 52.0 Å². The van der Waals surface area contributed by atoms with Crippen molar-refractivity contribution in [1.29, 1.82) is 0 Å². The molecule has 0 aliphatic heterocycles. The maximum absolute atomic E-state index is 16.1. The number of ether oxygens (including phenoxy) is 3. The molecular weight excluding hydrogens is 577 g/mol. The molecule has 15 heteroatoms. The third-order valence-corrected chi connectivity index (χ3v) is 8.48. The second kappa shape index (κ2) is 11.5. The summed E-state index contributed by atoms with van der Waals surface area (Å²) in [5.74, 6) is -1.58. The highest BCUT2D eigenvalue weighted by Gasteiger charge is 2.48. The predicted molar refractivity (Wildman–Crippen MR) is 146 cm³/mol. The topological polar surface area (TPSA) is 154 Å². The first-order valence-corrected chi connectivity index (χ1v) is 14.4. The maximum atomic E-state index is 16.1. The van der Waals surface area contributed by atoms with E-state index < -0.39 is 36.7 Å². The molecule has 3 aliphatic rings. The van der Waals surface area contributed by atoms with Gasteiger partial charge in [0.25, 0.3) is 0 Å². The van der Waals surface area contributed by atoms with Crippen molar-refractivity contribution < 1.29 is 28.2 Å². The van der Waals surface area contributed by atoms with Gasteiger partial charge in [-0.2, -0.15) is 0 Å². The van der Waals surface area contributed by atoms with Crippen LogP contribution < -0.4 is 5.32 Å². The van der Waals surface area contributed by atoms with Gasteiger partial charge in [-0.3, -0.25) is 4.79 Å². The van der Waals surface area contributed by atoms with E-state index in [2.05, 4.69) is 35.2 Å². The van der Waals surface area contributed by atoms with Crippen LogP contribution in [0.15, 0.2) is 24.0 Å². The van der Waals surface area contributed by atoms with Crippen LogP contribution in [0.1, 0.15) is 32.6 Å². The Morgan fingerprint density at radius 2 is 1.93 bits per heavy atom. The minimum absolute atomic E-state index is 0.0137. The number of carbonyl (C=O) groups is 2. The van der Waals surface area contributed by atoms with Gasteiger partial charge in [-0.05, 0) is 44.4 Å². The number of esters is 1. The number of thiazole rings is 1. The van der Waals surface area contributed by atoms with Gasteiger partial charge in [0.05, 0.1) is 24.3 Å². The number of hydrogen-bond donors (Lipinski definition) is 2. The molecule has 4 heterocycles. The van der Waals surface area contributed by atoms with Gasteiger partial charge < -0.3 is 24.5 Å². The van der Waals surface area contributed by atoms with Gasteiger partial charge in [-0.25, -0.2) is 34.1 Å². The molecule has 3 aliphatic carbocycles. The standard InChI is InChI=1S/C26H25ClFN7O5S/c1-2-38-26(37)40-11-39-25(36)16-12-3-5-13(6-4-12)18(16)33-22-17(28)20(24-29-7-8-41-24)34-21(35-22)14-9-30-23-19(14)32-15(27)10-31-23/h7-10,12-13,16,18H,2-6,11H2,1H3,(H,30,31)(H,33,34,35)/t12?,13?,16-,18-/m0/s1. The average molecular weight is 602 g/mol. The predicted octanol–water partition coefficient (Wildman–Crippen LogP) is 5.22. The van der Waals surface area contributed by atoms with Crippen LogP contribution in [0.5, 0.6) is 0 Å². The number of anilines is 1. The highest BCUT2D eigenvalue weighted by molar-refractivity contribution is 7.13. The van der Waals surface area contributed by atoms with Crippen LogP contribution in [-0.4, -0.2) is 61.5 Å². The SMILES string of the molecule is CCOC(=O)OCOC(=O)[C@H]1C2CCC(CC2)[C@@H]1Nc1nc(-c2c[nH]c3ncc(Cl)nc23)nc(-c2nccs2)c1F. The third kappa shape index (κ3) is 5.40. The number of fused-ring (bicyclic) bond motifs is 4. The molecule has 214 valence electrons. The molecule has 41 heavy (non-hydrogen) atoms. The number of aromatic nitrogens is 6. The number of carbonyl (C=O) groups excluding carboxylic acids is 2. The van der Waals surface area contributed by atoms with Crippen molar-refractivity contribution in [2.45, 2.75) is 38.6 Å². The van der Waals surface area contributed by atoms with Crippen LogP contribution in [0.25, 0.3) is 33.3 Å². The molecule has 7 rings (SSSR count). The lowest BCUT2D eigenvalue weighted by Crippen LogP contribution is -2.52. The molecule has 4 aromatic rings. The van der Waals surface area contributed by atoms with Gasteiger partial charge in [0.1, 0.15) is 21.4 Å². The van der Waals surface area contributed by atoms with Crippen LogP contribution >= 0.6 is 22.9 Å². The number of aromatic amines is 1. The summed E-state index contributed by atoms with van der Waals surface area (Å²) in [7, 11) is 0. The largest absolute Gasteiger partial charge is 0.511 e. The highest BCUT2D eigenvalue weighted by Crippen LogP contribution is 2.47. The molecule has 0 saturated heterocycles. The normalized spacial score (nSPS) is 21.5.